The number of nitrogens with zero attached hydrogens (tertiary/aromatic N) is 1. The fourth-order valence-electron chi connectivity index (χ4n) is 1.15. The zero-order valence-corrected chi connectivity index (χ0v) is 9.35. The van der Waals surface area contributed by atoms with Crippen molar-refractivity contribution in [1.29, 1.82) is 0 Å². The number of nitrogens with two attached hydrogens (primary N) is 1. The minimum atomic E-state index is -4.43. The van der Waals surface area contributed by atoms with Gasteiger partial charge in [0.1, 0.15) is 0 Å². The van der Waals surface area contributed by atoms with Crippen LogP contribution in [0.1, 0.15) is 11.6 Å². The summed E-state index contributed by atoms with van der Waals surface area (Å²) < 4.78 is 38.2. The molecule has 1 aromatic rings. The van der Waals surface area contributed by atoms with E-state index >= 15 is 0 Å². The first-order valence-corrected chi connectivity index (χ1v) is 5.66. The van der Waals surface area contributed by atoms with Crippen molar-refractivity contribution in [3.8, 4) is 0 Å². The minimum Gasteiger partial charge on any atom is -0.379 e. The van der Waals surface area contributed by atoms with Gasteiger partial charge < -0.3 is 5.73 Å². The maximum Gasteiger partial charge on any atom is 0.415 e. The third-order valence-electron chi connectivity index (χ3n) is 1.89. The Bertz CT molecular complexity index is 362. The van der Waals surface area contributed by atoms with Crippen LogP contribution < -0.4 is 5.73 Å². The van der Waals surface area contributed by atoms with Gasteiger partial charge in [0, 0.05) is 0 Å². The van der Waals surface area contributed by atoms with Gasteiger partial charge in [-0.25, -0.2) is 4.99 Å². The summed E-state index contributed by atoms with van der Waals surface area (Å²) in [6.07, 6.45) is -2.85. The highest BCUT2D eigenvalue weighted by Crippen LogP contribution is 2.36. The summed E-state index contributed by atoms with van der Waals surface area (Å²) in [5, 5.41) is -0.0776. The average molecular weight is 248 g/mol. The summed E-state index contributed by atoms with van der Waals surface area (Å²) in [4.78, 5) is 3.47. The van der Waals surface area contributed by atoms with Gasteiger partial charge in [-0.3, -0.25) is 0 Å². The van der Waals surface area contributed by atoms with Crippen LogP contribution >= 0.6 is 11.8 Å². The summed E-state index contributed by atoms with van der Waals surface area (Å²) in [6, 6.07) is 5.61. The van der Waals surface area contributed by atoms with Crippen molar-refractivity contribution in [2.24, 2.45) is 10.7 Å². The van der Waals surface area contributed by atoms with E-state index in [1.165, 1.54) is 12.1 Å². The molecule has 1 aromatic carbocycles. The molecule has 1 atom stereocenters. The summed E-state index contributed by atoms with van der Waals surface area (Å²) in [5.41, 5.74) is 5.41. The molecule has 88 valence electrons. The van der Waals surface area contributed by atoms with E-state index in [0.29, 0.717) is 0 Å². The van der Waals surface area contributed by atoms with Gasteiger partial charge in [-0.05, 0) is 11.8 Å². The second kappa shape index (κ2) is 5.25. The number of thioether (sulfide) groups is 1. The molecular formula is C10H11F3N2S. The Balaban J connectivity index is 3.08. The normalized spacial score (nSPS) is 14.9. The maximum absolute atomic E-state index is 12.7. The Morgan fingerprint density at radius 1 is 1.31 bits per heavy atom. The highest BCUT2D eigenvalue weighted by Gasteiger charge is 2.40. The molecule has 0 spiro atoms. The fourth-order valence-corrected chi connectivity index (χ4v) is 1.36. The van der Waals surface area contributed by atoms with E-state index in [4.69, 9.17) is 5.73 Å². The molecule has 0 saturated carbocycles. The number of hydrogen-bond acceptors (Lipinski definition) is 2. The van der Waals surface area contributed by atoms with Gasteiger partial charge in [0.15, 0.2) is 11.2 Å². The molecule has 0 aliphatic rings. The monoisotopic (exact) mass is 248 g/mol. The largest absolute Gasteiger partial charge is 0.415 e. The van der Waals surface area contributed by atoms with Crippen LogP contribution in [0, 0.1) is 0 Å². The van der Waals surface area contributed by atoms with Crippen molar-refractivity contribution in [1.82, 2.24) is 0 Å². The van der Waals surface area contributed by atoms with Gasteiger partial charge in [-0.2, -0.15) is 13.2 Å². The predicted octanol–water partition coefficient (Wildman–Crippen LogP) is 2.97. The van der Waals surface area contributed by atoms with E-state index in [2.05, 4.69) is 4.99 Å². The van der Waals surface area contributed by atoms with Crippen LogP contribution in [0.5, 0.6) is 0 Å². The van der Waals surface area contributed by atoms with Crippen molar-refractivity contribution < 1.29 is 13.2 Å². The Hall–Kier alpha value is -1.17. The molecule has 0 saturated heterocycles. The van der Waals surface area contributed by atoms with E-state index in [0.717, 1.165) is 11.8 Å². The average Bonchev–Trinajstić information content (AvgIpc) is 2.25. The quantitative estimate of drug-likeness (QED) is 0.645. The molecule has 0 heterocycles. The highest BCUT2D eigenvalue weighted by atomic mass is 32.2. The van der Waals surface area contributed by atoms with E-state index in [1.807, 2.05) is 0 Å². The van der Waals surface area contributed by atoms with Crippen LogP contribution in [0.2, 0.25) is 0 Å². The molecule has 1 rings (SSSR count). The van der Waals surface area contributed by atoms with Crippen molar-refractivity contribution in [3.05, 3.63) is 35.9 Å². The molecule has 0 fully saturated rings. The number of amidine groups is 1. The van der Waals surface area contributed by atoms with Gasteiger partial charge in [0.25, 0.3) is 0 Å². The van der Waals surface area contributed by atoms with Gasteiger partial charge in [0.2, 0.25) is 0 Å². The lowest BCUT2D eigenvalue weighted by Crippen LogP contribution is -2.22. The zero-order valence-electron chi connectivity index (χ0n) is 8.53. The Kier molecular flexibility index (Phi) is 4.23. The van der Waals surface area contributed by atoms with Crippen LogP contribution in [0.4, 0.5) is 13.2 Å². The number of halogens is 3. The lowest BCUT2D eigenvalue weighted by atomic mass is 10.1. The highest BCUT2D eigenvalue weighted by molar-refractivity contribution is 8.13. The van der Waals surface area contributed by atoms with E-state index in [-0.39, 0.29) is 10.7 Å². The lowest BCUT2D eigenvalue weighted by molar-refractivity contribution is -0.148. The van der Waals surface area contributed by atoms with Gasteiger partial charge in [-0.15, -0.1) is 0 Å². The van der Waals surface area contributed by atoms with E-state index < -0.39 is 12.2 Å². The Labute approximate surface area is 95.7 Å². The molecule has 0 amide bonds. The molecule has 0 radical (unpaired) electrons. The van der Waals surface area contributed by atoms with Crippen LogP contribution in [-0.2, 0) is 0 Å². The van der Waals surface area contributed by atoms with Crippen LogP contribution in [0.3, 0.4) is 0 Å². The smallest absolute Gasteiger partial charge is 0.379 e. The molecule has 2 nitrogen and oxygen atoms in total. The van der Waals surface area contributed by atoms with E-state index in [1.54, 1.807) is 24.5 Å². The van der Waals surface area contributed by atoms with Crippen LogP contribution in [0.15, 0.2) is 35.3 Å². The third-order valence-corrected chi connectivity index (χ3v) is 2.41. The Morgan fingerprint density at radius 3 is 2.31 bits per heavy atom. The first-order valence-electron chi connectivity index (χ1n) is 4.44. The number of hydrogen-bond donors (Lipinski definition) is 1. The molecule has 16 heavy (non-hydrogen) atoms. The first kappa shape index (κ1) is 12.9. The number of alkyl halides is 3. The molecule has 2 N–H and O–H groups in total. The number of benzene rings is 1. The molecule has 0 aromatic heterocycles. The maximum atomic E-state index is 12.7. The molecule has 0 bridgehead atoms. The van der Waals surface area contributed by atoms with Crippen LogP contribution in [-0.4, -0.2) is 17.6 Å². The molecular weight excluding hydrogens is 237 g/mol. The van der Waals surface area contributed by atoms with Crippen molar-refractivity contribution in [2.75, 3.05) is 6.26 Å². The second-order valence-electron chi connectivity index (χ2n) is 3.03. The SMILES string of the molecule is CSC(N)=NC(c1ccccc1)C(F)(F)F. The molecule has 1 unspecified atom stereocenters. The topological polar surface area (TPSA) is 38.4 Å². The molecule has 0 aliphatic heterocycles. The van der Waals surface area contributed by atoms with Gasteiger partial charge in [0.05, 0.1) is 0 Å². The summed E-state index contributed by atoms with van der Waals surface area (Å²) in [7, 11) is 0. The summed E-state index contributed by atoms with van der Waals surface area (Å²) in [5.74, 6) is 0. The van der Waals surface area contributed by atoms with Gasteiger partial charge in [-0.1, -0.05) is 42.1 Å². The summed E-state index contributed by atoms with van der Waals surface area (Å²) >= 11 is 0.992. The van der Waals surface area contributed by atoms with Gasteiger partial charge >= 0.3 is 6.18 Å². The Morgan fingerprint density at radius 2 is 1.88 bits per heavy atom. The number of aliphatic imine (C=N–C) groups is 1. The van der Waals surface area contributed by atoms with Crippen molar-refractivity contribution in [3.63, 3.8) is 0 Å². The fraction of sp³-hybridized carbons (Fsp3) is 0.300. The standard InChI is InChI=1S/C10H11F3N2S/c1-16-9(14)15-8(10(11,12)13)7-5-3-2-4-6-7/h2-6,8H,1H3,(H2,14,15). The molecule has 6 heteroatoms. The lowest BCUT2D eigenvalue weighted by Gasteiger charge is -2.17. The minimum absolute atomic E-state index is 0.0776. The van der Waals surface area contributed by atoms with E-state index in [9.17, 15) is 13.2 Å². The first-order chi connectivity index (χ1) is 7.45. The predicted molar refractivity (Wildman–Crippen MR) is 60.4 cm³/mol. The van der Waals surface area contributed by atoms with Crippen molar-refractivity contribution >= 4 is 16.9 Å². The third kappa shape index (κ3) is 3.44. The van der Waals surface area contributed by atoms with Crippen LogP contribution in [0.25, 0.3) is 0 Å². The molecule has 0 aliphatic carbocycles. The summed E-state index contributed by atoms with van der Waals surface area (Å²) in [6.45, 7) is 0. The van der Waals surface area contributed by atoms with Crippen molar-refractivity contribution in [2.45, 2.75) is 12.2 Å². The number of rotatable bonds is 2. The zero-order chi connectivity index (χ0) is 12.2. The second-order valence-corrected chi connectivity index (χ2v) is 3.85.